The van der Waals surface area contributed by atoms with Crippen LogP contribution in [0.2, 0.25) is 0 Å². The molecule has 0 unspecified atom stereocenters. The van der Waals surface area contributed by atoms with Crippen molar-refractivity contribution < 1.29 is 0 Å². The van der Waals surface area contributed by atoms with Gasteiger partial charge in [0, 0.05) is 31.9 Å². The molecule has 1 atom stereocenters. The minimum absolute atomic E-state index is 0.567. The zero-order chi connectivity index (χ0) is 9.26. The van der Waals surface area contributed by atoms with Gasteiger partial charge in [-0.2, -0.15) is 0 Å². The third-order valence-corrected chi connectivity index (χ3v) is 2.59. The van der Waals surface area contributed by atoms with E-state index in [2.05, 4.69) is 48.5 Å². The minimum Gasteiger partial charge on any atom is -0.373 e. The first-order valence-electron chi connectivity index (χ1n) is 4.80. The van der Waals surface area contributed by atoms with Gasteiger partial charge in [0.05, 0.1) is 0 Å². The molecule has 1 aromatic rings. The Hall–Kier alpha value is -1.02. The van der Waals surface area contributed by atoms with Crippen molar-refractivity contribution in [2.24, 2.45) is 0 Å². The van der Waals surface area contributed by atoms with Gasteiger partial charge in [0.15, 0.2) is 0 Å². The van der Waals surface area contributed by atoms with Crippen LogP contribution in [0.4, 0.5) is 5.69 Å². The minimum atomic E-state index is 0.567. The van der Waals surface area contributed by atoms with Crippen molar-refractivity contribution in [1.82, 2.24) is 5.32 Å². The standard InChI is InChI=1S/C11H16N2/c1-9-8-13(2)11-6-4-3-5-10(11)7-12-9/h3-6,9,12H,7-8H2,1-2H3/t9-/m1/s1. The summed E-state index contributed by atoms with van der Waals surface area (Å²) in [6.45, 7) is 4.29. The predicted octanol–water partition coefficient (Wildman–Crippen LogP) is 1.61. The van der Waals surface area contributed by atoms with Crippen LogP contribution in [0.1, 0.15) is 12.5 Å². The number of para-hydroxylation sites is 1. The van der Waals surface area contributed by atoms with Crippen LogP contribution in [0.25, 0.3) is 0 Å². The number of rotatable bonds is 0. The van der Waals surface area contributed by atoms with E-state index in [1.807, 2.05) is 0 Å². The first kappa shape index (κ1) is 8.57. The van der Waals surface area contributed by atoms with Crippen molar-refractivity contribution in [3.63, 3.8) is 0 Å². The zero-order valence-electron chi connectivity index (χ0n) is 8.25. The molecule has 0 saturated carbocycles. The quantitative estimate of drug-likeness (QED) is 0.646. The van der Waals surface area contributed by atoms with Crippen LogP contribution in [0.15, 0.2) is 24.3 Å². The van der Waals surface area contributed by atoms with Crippen molar-refractivity contribution >= 4 is 5.69 Å². The molecule has 70 valence electrons. The Morgan fingerprint density at radius 1 is 1.38 bits per heavy atom. The van der Waals surface area contributed by atoms with Gasteiger partial charge in [-0.1, -0.05) is 18.2 Å². The summed E-state index contributed by atoms with van der Waals surface area (Å²) in [7, 11) is 2.16. The molecule has 1 N–H and O–H groups in total. The molecule has 0 aliphatic carbocycles. The average Bonchev–Trinajstić information content (AvgIpc) is 2.27. The van der Waals surface area contributed by atoms with Gasteiger partial charge in [0.2, 0.25) is 0 Å². The molecule has 1 aliphatic heterocycles. The van der Waals surface area contributed by atoms with Crippen LogP contribution >= 0.6 is 0 Å². The highest BCUT2D eigenvalue weighted by molar-refractivity contribution is 5.53. The largest absolute Gasteiger partial charge is 0.373 e. The lowest BCUT2D eigenvalue weighted by Gasteiger charge is -2.20. The summed E-state index contributed by atoms with van der Waals surface area (Å²) in [5.41, 5.74) is 2.76. The summed E-state index contributed by atoms with van der Waals surface area (Å²) >= 11 is 0. The molecular weight excluding hydrogens is 160 g/mol. The van der Waals surface area contributed by atoms with Crippen LogP contribution < -0.4 is 10.2 Å². The molecule has 0 saturated heterocycles. The molecule has 1 aliphatic rings. The van der Waals surface area contributed by atoms with E-state index < -0.39 is 0 Å². The molecule has 2 rings (SSSR count). The Kier molecular flexibility index (Phi) is 2.23. The first-order valence-corrected chi connectivity index (χ1v) is 4.80. The predicted molar refractivity (Wildman–Crippen MR) is 56.0 cm³/mol. The first-order chi connectivity index (χ1) is 6.27. The Morgan fingerprint density at radius 2 is 2.15 bits per heavy atom. The summed E-state index contributed by atoms with van der Waals surface area (Å²) in [5.74, 6) is 0. The lowest BCUT2D eigenvalue weighted by molar-refractivity contribution is 0.563. The van der Waals surface area contributed by atoms with E-state index in [0.29, 0.717) is 6.04 Å². The van der Waals surface area contributed by atoms with Crippen molar-refractivity contribution in [3.05, 3.63) is 29.8 Å². The normalized spacial score (nSPS) is 22.3. The van der Waals surface area contributed by atoms with Gasteiger partial charge in [-0.15, -0.1) is 0 Å². The summed E-state index contributed by atoms with van der Waals surface area (Å²) in [6, 6.07) is 9.15. The Balaban J connectivity index is 2.35. The van der Waals surface area contributed by atoms with Crippen LogP contribution in [-0.4, -0.2) is 19.6 Å². The van der Waals surface area contributed by atoms with E-state index in [4.69, 9.17) is 0 Å². The Morgan fingerprint density at radius 3 is 3.00 bits per heavy atom. The number of nitrogens with zero attached hydrogens (tertiary/aromatic N) is 1. The van der Waals surface area contributed by atoms with Gasteiger partial charge < -0.3 is 10.2 Å². The fraction of sp³-hybridized carbons (Fsp3) is 0.455. The highest BCUT2D eigenvalue weighted by atomic mass is 15.1. The highest BCUT2D eigenvalue weighted by Gasteiger charge is 2.14. The third kappa shape index (κ3) is 1.68. The number of hydrogen-bond acceptors (Lipinski definition) is 2. The summed E-state index contributed by atoms with van der Waals surface area (Å²) in [6.07, 6.45) is 0. The monoisotopic (exact) mass is 176 g/mol. The molecule has 0 radical (unpaired) electrons. The van der Waals surface area contributed by atoms with Gasteiger partial charge in [-0.25, -0.2) is 0 Å². The molecule has 2 heteroatoms. The van der Waals surface area contributed by atoms with E-state index in [0.717, 1.165) is 13.1 Å². The van der Waals surface area contributed by atoms with Crippen LogP contribution in [0, 0.1) is 0 Å². The molecule has 2 nitrogen and oxygen atoms in total. The van der Waals surface area contributed by atoms with Gasteiger partial charge >= 0.3 is 0 Å². The maximum atomic E-state index is 3.49. The number of hydrogen-bond donors (Lipinski definition) is 1. The Bertz CT molecular complexity index is 296. The second-order valence-electron chi connectivity index (χ2n) is 3.79. The third-order valence-electron chi connectivity index (χ3n) is 2.59. The number of benzene rings is 1. The number of fused-ring (bicyclic) bond motifs is 1. The van der Waals surface area contributed by atoms with Crippen LogP contribution in [0.3, 0.4) is 0 Å². The smallest absolute Gasteiger partial charge is 0.0409 e. The maximum absolute atomic E-state index is 3.49. The topological polar surface area (TPSA) is 15.3 Å². The molecule has 0 bridgehead atoms. The summed E-state index contributed by atoms with van der Waals surface area (Å²) in [5, 5.41) is 3.49. The second-order valence-corrected chi connectivity index (χ2v) is 3.79. The van der Waals surface area contributed by atoms with Crippen LogP contribution in [-0.2, 0) is 6.54 Å². The van der Waals surface area contributed by atoms with Crippen LogP contribution in [0.5, 0.6) is 0 Å². The molecule has 0 aromatic heterocycles. The molecule has 0 fully saturated rings. The van der Waals surface area contributed by atoms with Gasteiger partial charge in [-0.3, -0.25) is 0 Å². The number of likely N-dealkylation sites (N-methyl/N-ethyl adjacent to an activating group) is 1. The summed E-state index contributed by atoms with van der Waals surface area (Å²) < 4.78 is 0. The number of nitrogens with one attached hydrogen (secondary N) is 1. The molecule has 1 heterocycles. The molecule has 1 aromatic carbocycles. The van der Waals surface area contributed by atoms with Crippen molar-refractivity contribution in [2.75, 3.05) is 18.5 Å². The van der Waals surface area contributed by atoms with Gasteiger partial charge in [0.1, 0.15) is 0 Å². The second kappa shape index (κ2) is 3.38. The zero-order valence-corrected chi connectivity index (χ0v) is 8.25. The highest BCUT2D eigenvalue weighted by Crippen LogP contribution is 2.21. The number of anilines is 1. The lowest BCUT2D eigenvalue weighted by Crippen LogP contribution is -2.33. The van der Waals surface area contributed by atoms with Crippen molar-refractivity contribution in [2.45, 2.75) is 19.5 Å². The molecule has 0 amide bonds. The maximum Gasteiger partial charge on any atom is 0.0409 e. The fourth-order valence-corrected chi connectivity index (χ4v) is 1.89. The van der Waals surface area contributed by atoms with Gasteiger partial charge in [0.25, 0.3) is 0 Å². The van der Waals surface area contributed by atoms with E-state index in [1.165, 1.54) is 11.3 Å². The van der Waals surface area contributed by atoms with E-state index >= 15 is 0 Å². The fourth-order valence-electron chi connectivity index (χ4n) is 1.89. The van der Waals surface area contributed by atoms with Crippen molar-refractivity contribution in [1.29, 1.82) is 0 Å². The SMILES string of the molecule is C[C@@H]1CN(C)c2ccccc2CN1. The molecule has 13 heavy (non-hydrogen) atoms. The Labute approximate surface area is 79.6 Å². The molecule has 0 spiro atoms. The van der Waals surface area contributed by atoms with E-state index in [-0.39, 0.29) is 0 Å². The molecular formula is C11H16N2. The average molecular weight is 176 g/mol. The van der Waals surface area contributed by atoms with E-state index in [9.17, 15) is 0 Å². The van der Waals surface area contributed by atoms with E-state index in [1.54, 1.807) is 0 Å². The summed E-state index contributed by atoms with van der Waals surface area (Å²) in [4.78, 5) is 2.32. The van der Waals surface area contributed by atoms with Gasteiger partial charge in [-0.05, 0) is 18.6 Å². The van der Waals surface area contributed by atoms with Crippen molar-refractivity contribution in [3.8, 4) is 0 Å². The lowest BCUT2D eigenvalue weighted by atomic mass is 10.2.